The minimum Gasteiger partial charge on any atom is -0.494 e. The molecule has 0 saturated carbocycles. The minimum atomic E-state index is 0. The smallest absolute Gasteiger partial charge is 0.203 e. The van der Waals surface area contributed by atoms with Crippen molar-refractivity contribution in [2.45, 2.75) is 6.92 Å². The number of rotatable bonds is 7. The molecule has 0 aliphatic heterocycles. The first kappa shape index (κ1) is 22.1. The van der Waals surface area contributed by atoms with Gasteiger partial charge in [0.25, 0.3) is 0 Å². The van der Waals surface area contributed by atoms with Crippen molar-refractivity contribution in [1.82, 2.24) is 4.98 Å². The molecule has 0 spiro atoms. The maximum Gasteiger partial charge on any atom is 0.203 e. The maximum absolute atomic E-state index is 9.81. The summed E-state index contributed by atoms with van der Waals surface area (Å²) in [6, 6.07) is 9.15. The van der Waals surface area contributed by atoms with Gasteiger partial charge in [-0.1, -0.05) is 5.16 Å². The molecule has 3 rings (SSSR count). The lowest BCUT2D eigenvalue weighted by Crippen LogP contribution is -2.07. The van der Waals surface area contributed by atoms with Gasteiger partial charge in [0.2, 0.25) is 5.75 Å². The molecule has 29 heavy (non-hydrogen) atoms. The summed E-state index contributed by atoms with van der Waals surface area (Å²) in [4.78, 5) is 4.29. The fourth-order valence-electron chi connectivity index (χ4n) is 3.08. The average Bonchev–Trinajstić information content (AvgIpc) is 2.73. The van der Waals surface area contributed by atoms with Crippen LogP contribution in [-0.2, 0) is 0 Å². The number of methoxy groups -OCH3 is 3. The number of fused-ring (bicyclic) bond motifs is 1. The number of halogens is 1. The molecule has 0 aliphatic rings. The van der Waals surface area contributed by atoms with Gasteiger partial charge in [-0.25, -0.2) is 0 Å². The zero-order valence-electron chi connectivity index (χ0n) is 16.6. The zero-order valence-corrected chi connectivity index (χ0v) is 17.4. The standard InChI is InChI=1S/C21H22N2O5.ClH/c1-5-28-15-6-7-16-14(8-15)11-22-12-17(16)20(23-24)13-9-18(25-2)21(27-4)19(10-13)26-3;/h6-12,24H,5H2,1-4H3;1H/b23-20-;. The van der Waals surface area contributed by atoms with Crippen molar-refractivity contribution >= 4 is 28.9 Å². The number of aromatic nitrogens is 1. The largest absolute Gasteiger partial charge is 0.494 e. The Morgan fingerprint density at radius 2 is 1.69 bits per heavy atom. The summed E-state index contributed by atoms with van der Waals surface area (Å²) in [6.07, 6.45) is 3.40. The number of hydrogen-bond donors (Lipinski definition) is 1. The molecule has 7 nitrogen and oxygen atoms in total. The van der Waals surface area contributed by atoms with E-state index < -0.39 is 0 Å². The van der Waals surface area contributed by atoms with Gasteiger partial charge in [0, 0.05) is 28.9 Å². The van der Waals surface area contributed by atoms with Crippen molar-refractivity contribution in [3.05, 3.63) is 53.9 Å². The van der Waals surface area contributed by atoms with E-state index in [9.17, 15) is 5.21 Å². The maximum atomic E-state index is 9.81. The number of pyridine rings is 1. The third-order valence-corrected chi connectivity index (χ3v) is 4.33. The molecule has 0 saturated heterocycles. The van der Waals surface area contributed by atoms with Crippen molar-refractivity contribution in [2.75, 3.05) is 27.9 Å². The second kappa shape index (κ2) is 9.84. The number of nitrogens with zero attached hydrogens (tertiary/aromatic N) is 2. The molecule has 1 heterocycles. The third kappa shape index (κ3) is 4.30. The Hall–Kier alpha value is -3.19. The highest BCUT2D eigenvalue weighted by atomic mass is 35.5. The predicted octanol–water partition coefficient (Wildman–Crippen LogP) is 4.31. The monoisotopic (exact) mass is 418 g/mol. The molecule has 0 amide bonds. The molecule has 0 fully saturated rings. The topological polar surface area (TPSA) is 82.4 Å². The van der Waals surface area contributed by atoms with Crippen LogP contribution in [0.15, 0.2) is 47.9 Å². The molecular weight excluding hydrogens is 396 g/mol. The van der Waals surface area contributed by atoms with Crippen LogP contribution in [0, 0.1) is 0 Å². The van der Waals surface area contributed by atoms with Crippen LogP contribution in [0.5, 0.6) is 23.0 Å². The van der Waals surface area contributed by atoms with E-state index >= 15 is 0 Å². The van der Waals surface area contributed by atoms with E-state index in [-0.39, 0.29) is 12.4 Å². The first-order valence-corrected chi connectivity index (χ1v) is 8.70. The van der Waals surface area contributed by atoms with Crippen LogP contribution in [0.25, 0.3) is 10.8 Å². The van der Waals surface area contributed by atoms with E-state index in [1.165, 1.54) is 21.3 Å². The van der Waals surface area contributed by atoms with Gasteiger partial charge in [0.15, 0.2) is 11.5 Å². The predicted molar refractivity (Wildman–Crippen MR) is 114 cm³/mol. The Morgan fingerprint density at radius 3 is 2.24 bits per heavy atom. The van der Waals surface area contributed by atoms with Crippen molar-refractivity contribution < 1.29 is 24.2 Å². The summed E-state index contributed by atoms with van der Waals surface area (Å²) in [5, 5.41) is 15.1. The molecule has 154 valence electrons. The molecule has 0 unspecified atom stereocenters. The number of hydrogen-bond acceptors (Lipinski definition) is 7. The molecule has 0 radical (unpaired) electrons. The molecule has 2 aromatic carbocycles. The van der Waals surface area contributed by atoms with E-state index in [1.807, 2.05) is 25.1 Å². The van der Waals surface area contributed by atoms with Crippen molar-refractivity contribution in [1.29, 1.82) is 0 Å². The molecule has 0 aliphatic carbocycles. The van der Waals surface area contributed by atoms with Crippen molar-refractivity contribution in [2.24, 2.45) is 5.16 Å². The number of ether oxygens (including phenoxy) is 4. The molecular formula is C21H23ClN2O5. The van der Waals surface area contributed by atoms with Gasteiger partial charge in [-0.2, -0.15) is 0 Å². The summed E-state index contributed by atoms with van der Waals surface area (Å²) in [7, 11) is 4.60. The molecule has 8 heteroatoms. The lowest BCUT2D eigenvalue weighted by Gasteiger charge is -2.15. The van der Waals surface area contributed by atoms with Crippen LogP contribution in [-0.4, -0.2) is 43.8 Å². The SMILES string of the molecule is CCOc1ccc2c(/C(=N\O)c3cc(OC)c(OC)c(OC)c3)cncc2c1.Cl. The minimum absolute atomic E-state index is 0. The van der Waals surface area contributed by atoms with Gasteiger partial charge in [0.1, 0.15) is 11.5 Å². The quantitative estimate of drug-likeness (QED) is 0.350. The fourth-order valence-corrected chi connectivity index (χ4v) is 3.08. The third-order valence-electron chi connectivity index (χ3n) is 4.33. The van der Waals surface area contributed by atoms with Crippen LogP contribution in [0.2, 0.25) is 0 Å². The summed E-state index contributed by atoms with van der Waals surface area (Å²) >= 11 is 0. The van der Waals surface area contributed by atoms with Gasteiger partial charge in [0.05, 0.1) is 27.9 Å². The number of oxime groups is 1. The van der Waals surface area contributed by atoms with Crippen LogP contribution in [0.3, 0.4) is 0 Å². The summed E-state index contributed by atoms with van der Waals surface area (Å²) in [6.45, 7) is 2.51. The Morgan fingerprint density at radius 1 is 1.00 bits per heavy atom. The van der Waals surface area contributed by atoms with Crippen LogP contribution >= 0.6 is 12.4 Å². The van der Waals surface area contributed by atoms with Crippen LogP contribution in [0.1, 0.15) is 18.1 Å². The Labute approximate surface area is 175 Å². The van der Waals surface area contributed by atoms with Crippen LogP contribution < -0.4 is 18.9 Å². The number of benzene rings is 2. The highest BCUT2D eigenvalue weighted by molar-refractivity contribution is 6.19. The molecule has 0 atom stereocenters. The second-order valence-corrected chi connectivity index (χ2v) is 5.87. The van der Waals surface area contributed by atoms with Gasteiger partial charge >= 0.3 is 0 Å². The highest BCUT2D eigenvalue weighted by Gasteiger charge is 2.19. The Bertz CT molecular complexity index is 998. The lowest BCUT2D eigenvalue weighted by atomic mass is 9.98. The van der Waals surface area contributed by atoms with Gasteiger partial charge in [-0.3, -0.25) is 4.98 Å². The molecule has 3 aromatic rings. The van der Waals surface area contributed by atoms with E-state index in [1.54, 1.807) is 24.5 Å². The average molecular weight is 419 g/mol. The van der Waals surface area contributed by atoms with Gasteiger partial charge in [-0.05, 0) is 42.6 Å². The molecule has 1 N–H and O–H groups in total. The van der Waals surface area contributed by atoms with E-state index in [4.69, 9.17) is 18.9 Å². The van der Waals surface area contributed by atoms with Crippen molar-refractivity contribution in [3.63, 3.8) is 0 Å². The Kier molecular flexibility index (Phi) is 7.50. The summed E-state index contributed by atoms with van der Waals surface area (Å²) in [5.74, 6) is 2.14. The highest BCUT2D eigenvalue weighted by Crippen LogP contribution is 2.39. The first-order chi connectivity index (χ1) is 13.7. The zero-order chi connectivity index (χ0) is 20.1. The van der Waals surface area contributed by atoms with Crippen molar-refractivity contribution in [3.8, 4) is 23.0 Å². The normalized spacial score (nSPS) is 11.0. The Balaban J connectivity index is 0.00000300. The van der Waals surface area contributed by atoms with E-state index in [2.05, 4.69) is 10.1 Å². The van der Waals surface area contributed by atoms with Gasteiger partial charge in [-0.15, -0.1) is 12.4 Å². The van der Waals surface area contributed by atoms with E-state index in [0.717, 1.165) is 16.5 Å². The lowest BCUT2D eigenvalue weighted by molar-refractivity contribution is 0.318. The second-order valence-electron chi connectivity index (χ2n) is 5.87. The van der Waals surface area contributed by atoms with Gasteiger partial charge < -0.3 is 24.2 Å². The summed E-state index contributed by atoms with van der Waals surface area (Å²) in [5.41, 5.74) is 1.60. The fraction of sp³-hybridized carbons (Fsp3) is 0.238. The summed E-state index contributed by atoms with van der Waals surface area (Å²) < 4.78 is 21.7. The first-order valence-electron chi connectivity index (χ1n) is 8.70. The van der Waals surface area contributed by atoms with E-state index in [0.29, 0.717) is 40.7 Å². The van der Waals surface area contributed by atoms with Crippen LogP contribution in [0.4, 0.5) is 0 Å². The molecule has 1 aromatic heterocycles. The molecule has 0 bridgehead atoms.